The van der Waals surface area contributed by atoms with Crippen molar-refractivity contribution in [3.63, 3.8) is 0 Å². The van der Waals surface area contributed by atoms with Gasteiger partial charge in [0.05, 0.1) is 13.2 Å². The second-order valence-corrected chi connectivity index (χ2v) is 6.71. The molecule has 4 rings (SSSR count). The summed E-state index contributed by atoms with van der Waals surface area (Å²) in [5.41, 5.74) is 3.69. The lowest BCUT2D eigenvalue weighted by atomic mass is 9.87. The maximum Gasteiger partial charge on any atom is 0.409 e. The first kappa shape index (κ1) is 14.5. The van der Waals surface area contributed by atoms with E-state index in [1.165, 1.54) is 11.3 Å². The van der Waals surface area contributed by atoms with E-state index in [1.54, 1.807) is 0 Å². The summed E-state index contributed by atoms with van der Waals surface area (Å²) in [5, 5.41) is 0. The van der Waals surface area contributed by atoms with Crippen LogP contribution in [-0.2, 0) is 9.53 Å². The number of carbonyl (C=O) groups is 2. The molecule has 3 aliphatic heterocycles. The number of anilines is 1. The fourth-order valence-electron chi connectivity index (χ4n) is 4.40. The summed E-state index contributed by atoms with van der Waals surface area (Å²) < 4.78 is 5.16. The molecule has 3 atom stereocenters. The number of nitrogens with zero attached hydrogens (tertiary/aromatic N) is 2. The van der Waals surface area contributed by atoms with Gasteiger partial charge in [-0.05, 0) is 24.5 Å². The summed E-state index contributed by atoms with van der Waals surface area (Å²) in [4.78, 5) is 28.5. The number of fused-ring (bicyclic) bond motifs is 3. The van der Waals surface area contributed by atoms with Crippen LogP contribution in [0, 0.1) is 0 Å². The summed E-state index contributed by atoms with van der Waals surface area (Å²) in [7, 11) is 0. The Balaban J connectivity index is 1.69. The minimum atomic E-state index is -0.221. The van der Waals surface area contributed by atoms with Crippen molar-refractivity contribution in [3.05, 3.63) is 29.3 Å². The smallest absolute Gasteiger partial charge is 0.409 e. The largest absolute Gasteiger partial charge is 0.450 e. The fraction of sp³-hybridized carbons (Fsp3) is 0.556. The van der Waals surface area contributed by atoms with E-state index in [4.69, 9.17) is 4.74 Å². The Morgan fingerprint density at radius 2 is 2.13 bits per heavy atom. The molecule has 5 heteroatoms. The second-order valence-electron chi connectivity index (χ2n) is 6.71. The molecule has 0 aliphatic carbocycles. The normalized spacial score (nSPS) is 28.4. The molecule has 0 spiro atoms. The van der Waals surface area contributed by atoms with Gasteiger partial charge >= 0.3 is 6.09 Å². The van der Waals surface area contributed by atoms with Gasteiger partial charge in [-0.1, -0.05) is 25.1 Å². The van der Waals surface area contributed by atoms with Gasteiger partial charge in [-0.15, -0.1) is 0 Å². The number of para-hydroxylation sites is 1. The molecular weight excluding hydrogens is 292 g/mol. The molecule has 0 saturated carbocycles. The zero-order valence-corrected chi connectivity index (χ0v) is 13.6. The minimum absolute atomic E-state index is 0.0255. The Morgan fingerprint density at radius 1 is 1.35 bits per heavy atom. The molecule has 23 heavy (non-hydrogen) atoms. The minimum Gasteiger partial charge on any atom is -0.450 e. The van der Waals surface area contributed by atoms with Crippen molar-refractivity contribution in [1.29, 1.82) is 0 Å². The molecule has 0 bridgehead atoms. The summed E-state index contributed by atoms with van der Waals surface area (Å²) in [6, 6.07) is 6.61. The highest BCUT2D eigenvalue weighted by Crippen LogP contribution is 2.50. The number of ether oxygens (including phenoxy) is 1. The monoisotopic (exact) mass is 314 g/mol. The van der Waals surface area contributed by atoms with Crippen LogP contribution >= 0.6 is 0 Å². The maximum atomic E-state index is 12.4. The van der Waals surface area contributed by atoms with Crippen LogP contribution in [0.25, 0.3) is 0 Å². The molecule has 0 N–H and O–H groups in total. The Labute approximate surface area is 136 Å². The highest BCUT2D eigenvalue weighted by molar-refractivity contribution is 5.96. The van der Waals surface area contributed by atoms with Crippen molar-refractivity contribution in [1.82, 2.24) is 4.90 Å². The highest BCUT2D eigenvalue weighted by atomic mass is 16.6. The molecule has 1 fully saturated rings. The third-order valence-electron chi connectivity index (χ3n) is 5.56. The average Bonchev–Trinajstić information content (AvgIpc) is 2.87. The molecule has 5 nitrogen and oxygen atoms in total. The zero-order chi connectivity index (χ0) is 16.1. The lowest BCUT2D eigenvalue weighted by molar-refractivity contribution is -0.119. The van der Waals surface area contributed by atoms with Crippen LogP contribution in [0.3, 0.4) is 0 Å². The van der Waals surface area contributed by atoms with Gasteiger partial charge in [0.15, 0.2) is 5.78 Å². The first-order chi connectivity index (χ1) is 11.1. The molecule has 1 aromatic rings. The Morgan fingerprint density at radius 3 is 2.91 bits per heavy atom. The summed E-state index contributed by atoms with van der Waals surface area (Å²) in [6.45, 7) is 6.12. The third kappa shape index (κ3) is 2.06. The van der Waals surface area contributed by atoms with E-state index >= 15 is 0 Å². The van der Waals surface area contributed by atoms with Crippen LogP contribution in [0.15, 0.2) is 18.2 Å². The van der Waals surface area contributed by atoms with Crippen LogP contribution < -0.4 is 4.90 Å². The number of hydrogen-bond donors (Lipinski definition) is 0. The first-order valence-electron chi connectivity index (χ1n) is 8.45. The summed E-state index contributed by atoms with van der Waals surface area (Å²) in [6.07, 6.45) is 0.667. The number of benzene rings is 1. The number of hydrogen-bond acceptors (Lipinski definition) is 4. The van der Waals surface area contributed by atoms with Gasteiger partial charge in [0, 0.05) is 36.7 Å². The predicted octanol–water partition coefficient (Wildman–Crippen LogP) is 2.51. The van der Waals surface area contributed by atoms with Crippen molar-refractivity contribution in [2.45, 2.75) is 38.1 Å². The molecule has 3 heterocycles. The SMILES string of the molecule is CCOC(=O)N1CC[C@H]2[C@@H](C1)c1cccc3c1N2CC(=O)C3C. The van der Waals surface area contributed by atoms with E-state index in [2.05, 4.69) is 17.0 Å². The molecule has 1 saturated heterocycles. The Bertz CT molecular complexity index is 672. The van der Waals surface area contributed by atoms with E-state index in [9.17, 15) is 9.59 Å². The standard InChI is InChI=1S/C18H22N2O3/c1-3-23-18(22)19-8-7-15-14(9-19)13-6-4-5-12-11(2)16(21)10-20(15)17(12)13/h4-6,11,14-15H,3,7-10H2,1-2H3/t11?,14-,15-/m0/s1. The van der Waals surface area contributed by atoms with E-state index < -0.39 is 0 Å². The van der Waals surface area contributed by atoms with Gasteiger partial charge in [0.2, 0.25) is 0 Å². The van der Waals surface area contributed by atoms with Crippen molar-refractivity contribution in [2.75, 3.05) is 31.1 Å². The number of amides is 1. The molecule has 1 unspecified atom stereocenters. The average molecular weight is 314 g/mol. The Hall–Kier alpha value is -2.04. The van der Waals surface area contributed by atoms with Crippen molar-refractivity contribution >= 4 is 17.6 Å². The van der Waals surface area contributed by atoms with E-state index in [1.807, 2.05) is 24.8 Å². The van der Waals surface area contributed by atoms with Gasteiger partial charge in [0.25, 0.3) is 0 Å². The van der Waals surface area contributed by atoms with Crippen LogP contribution in [0.2, 0.25) is 0 Å². The third-order valence-corrected chi connectivity index (χ3v) is 5.56. The Kier molecular flexibility index (Phi) is 3.32. The number of Topliss-reactive ketones (excluding diaryl/α,β-unsaturated/α-hetero) is 1. The van der Waals surface area contributed by atoms with Gasteiger partial charge in [0.1, 0.15) is 0 Å². The molecule has 0 radical (unpaired) electrons. The molecule has 1 aromatic carbocycles. The maximum absolute atomic E-state index is 12.4. The lowest BCUT2D eigenvalue weighted by Crippen LogP contribution is -2.50. The van der Waals surface area contributed by atoms with Crippen LogP contribution in [0.5, 0.6) is 0 Å². The van der Waals surface area contributed by atoms with Crippen LogP contribution in [-0.4, -0.2) is 49.1 Å². The predicted molar refractivity (Wildman–Crippen MR) is 87.0 cm³/mol. The quantitative estimate of drug-likeness (QED) is 0.799. The second kappa shape index (κ2) is 5.25. The molecule has 1 amide bonds. The van der Waals surface area contributed by atoms with Gasteiger partial charge < -0.3 is 14.5 Å². The van der Waals surface area contributed by atoms with Crippen LogP contribution in [0.4, 0.5) is 10.5 Å². The molecule has 3 aliphatic rings. The van der Waals surface area contributed by atoms with E-state index in [0.29, 0.717) is 38.1 Å². The fourth-order valence-corrected chi connectivity index (χ4v) is 4.40. The van der Waals surface area contributed by atoms with E-state index in [-0.39, 0.29) is 17.9 Å². The molecule has 0 aromatic heterocycles. The van der Waals surface area contributed by atoms with Crippen molar-refractivity contribution in [3.8, 4) is 0 Å². The highest BCUT2D eigenvalue weighted by Gasteiger charge is 2.47. The van der Waals surface area contributed by atoms with Crippen LogP contribution in [0.1, 0.15) is 43.2 Å². The van der Waals surface area contributed by atoms with E-state index in [0.717, 1.165) is 12.0 Å². The number of likely N-dealkylation sites (tertiary alicyclic amines) is 1. The molecular formula is C18H22N2O3. The number of carbonyl (C=O) groups excluding carboxylic acids is 2. The molecule has 122 valence electrons. The topological polar surface area (TPSA) is 49.9 Å². The summed E-state index contributed by atoms with van der Waals surface area (Å²) in [5.74, 6) is 0.548. The number of ketones is 1. The van der Waals surface area contributed by atoms with Crippen molar-refractivity contribution < 1.29 is 14.3 Å². The van der Waals surface area contributed by atoms with Gasteiger partial charge in [-0.2, -0.15) is 0 Å². The zero-order valence-electron chi connectivity index (χ0n) is 13.6. The summed E-state index contributed by atoms with van der Waals surface area (Å²) >= 11 is 0. The van der Waals surface area contributed by atoms with Gasteiger partial charge in [-0.3, -0.25) is 4.79 Å². The number of rotatable bonds is 1. The first-order valence-corrected chi connectivity index (χ1v) is 8.45. The lowest BCUT2D eigenvalue weighted by Gasteiger charge is -2.39. The van der Waals surface area contributed by atoms with Gasteiger partial charge in [-0.25, -0.2) is 4.79 Å². The van der Waals surface area contributed by atoms with Crippen molar-refractivity contribution in [2.24, 2.45) is 0 Å². The number of piperidine rings is 1.